The van der Waals surface area contributed by atoms with Crippen LogP contribution in [0.3, 0.4) is 0 Å². The van der Waals surface area contributed by atoms with Gasteiger partial charge in [0, 0.05) is 19.3 Å². The molecule has 1 aliphatic heterocycles. The van der Waals surface area contributed by atoms with Gasteiger partial charge in [0.25, 0.3) is 0 Å². The van der Waals surface area contributed by atoms with Gasteiger partial charge in [0.2, 0.25) is 5.78 Å². The molecule has 0 aliphatic carbocycles. The number of benzene rings is 1. The van der Waals surface area contributed by atoms with Crippen molar-refractivity contribution in [2.75, 3.05) is 18.0 Å². The number of nitrogens with zero attached hydrogens (tertiary/aromatic N) is 4. The summed E-state index contributed by atoms with van der Waals surface area (Å²) in [7, 11) is 0. The maximum Gasteiger partial charge on any atom is 0.236 e. The fourth-order valence-electron chi connectivity index (χ4n) is 2.26. The first-order valence-electron chi connectivity index (χ1n) is 5.91. The highest BCUT2D eigenvalue weighted by Gasteiger charge is 2.16. The third-order valence-corrected chi connectivity index (χ3v) is 3.34. The molecule has 0 N–H and O–H groups in total. The molecule has 0 unspecified atom stereocenters. The summed E-state index contributed by atoms with van der Waals surface area (Å²) in [6.45, 7) is 2.23. The van der Waals surface area contributed by atoms with Crippen molar-refractivity contribution < 1.29 is 0 Å². The zero-order chi connectivity index (χ0) is 11.2. The van der Waals surface area contributed by atoms with E-state index < -0.39 is 0 Å². The number of para-hydroxylation sites is 2. The van der Waals surface area contributed by atoms with Crippen molar-refractivity contribution >= 4 is 22.6 Å². The van der Waals surface area contributed by atoms with Gasteiger partial charge in [-0.3, -0.25) is 4.40 Å². The average Bonchev–Trinajstić information content (AvgIpc) is 2.64. The van der Waals surface area contributed by atoms with Gasteiger partial charge in [-0.25, -0.2) is 4.98 Å². The highest BCUT2D eigenvalue weighted by molar-refractivity contribution is 5.79. The number of imidazole rings is 1. The molecule has 4 heteroatoms. The largest absolute Gasteiger partial charge is 0.356 e. The summed E-state index contributed by atoms with van der Waals surface area (Å²) in [6, 6.07) is 10.2. The van der Waals surface area contributed by atoms with Gasteiger partial charge in [0.15, 0.2) is 0 Å². The first-order chi connectivity index (χ1) is 8.42. The van der Waals surface area contributed by atoms with Crippen LogP contribution in [0, 0.1) is 0 Å². The molecule has 0 bridgehead atoms. The fraction of sp³-hybridized carbons (Fsp3) is 0.231. The van der Waals surface area contributed by atoms with E-state index >= 15 is 0 Å². The molecular weight excluding hydrogens is 212 g/mol. The predicted molar refractivity (Wildman–Crippen MR) is 67.3 cm³/mol. The summed E-state index contributed by atoms with van der Waals surface area (Å²) in [4.78, 5) is 11.4. The minimum atomic E-state index is 0.788. The van der Waals surface area contributed by atoms with Crippen molar-refractivity contribution in [1.29, 1.82) is 0 Å². The Kier molecular flexibility index (Phi) is 1.69. The molecule has 4 rings (SSSR count). The summed E-state index contributed by atoms with van der Waals surface area (Å²) < 4.78 is 2.04. The summed E-state index contributed by atoms with van der Waals surface area (Å²) in [5.41, 5.74) is 2.12. The Hall–Kier alpha value is -2.10. The van der Waals surface area contributed by atoms with Gasteiger partial charge in [-0.1, -0.05) is 12.1 Å². The maximum atomic E-state index is 4.61. The number of hydrogen-bond acceptors (Lipinski definition) is 3. The highest BCUT2D eigenvalue weighted by atomic mass is 15.2. The highest BCUT2D eigenvalue weighted by Crippen LogP contribution is 2.21. The van der Waals surface area contributed by atoms with Crippen molar-refractivity contribution in [1.82, 2.24) is 14.4 Å². The van der Waals surface area contributed by atoms with Gasteiger partial charge < -0.3 is 4.90 Å². The Morgan fingerprint density at radius 1 is 1.00 bits per heavy atom. The summed E-state index contributed by atoms with van der Waals surface area (Å²) >= 11 is 0. The quantitative estimate of drug-likeness (QED) is 0.634. The van der Waals surface area contributed by atoms with E-state index in [9.17, 15) is 0 Å². The van der Waals surface area contributed by atoms with Crippen LogP contribution in [0.25, 0.3) is 16.8 Å². The van der Waals surface area contributed by atoms with Gasteiger partial charge in [-0.15, -0.1) is 0 Å². The number of anilines is 1. The van der Waals surface area contributed by atoms with Crippen LogP contribution in [-0.4, -0.2) is 27.5 Å². The molecule has 0 radical (unpaired) electrons. The van der Waals surface area contributed by atoms with E-state index in [2.05, 4.69) is 33.2 Å². The van der Waals surface area contributed by atoms with Crippen molar-refractivity contribution in [2.45, 2.75) is 6.42 Å². The van der Waals surface area contributed by atoms with Crippen LogP contribution in [0.4, 0.5) is 5.82 Å². The lowest BCUT2D eigenvalue weighted by molar-refractivity contribution is 0.609. The van der Waals surface area contributed by atoms with Crippen molar-refractivity contribution in [3.05, 3.63) is 36.5 Å². The van der Waals surface area contributed by atoms with Gasteiger partial charge >= 0.3 is 0 Å². The van der Waals surface area contributed by atoms with Crippen LogP contribution in [-0.2, 0) is 0 Å². The van der Waals surface area contributed by atoms with E-state index in [1.54, 1.807) is 0 Å². The number of fused-ring (bicyclic) bond motifs is 3. The lowest BCUT2D eigenvalue weighted by atomic mass is 10.2. The van der Waals surface area contributed by atoms with Gasteiger partial charge in [-0.2, -0.15) is 4.98 Å². The number of rotatable bonds is 1. The van der Waals surface area contributed by atoms with E-state index in [4.69, 9.17) is 0 Å². The van der Waals surface area contributed by atoms with Gasteiger partial charge in [0.05, 0.1) is 11.0 Å². The van der Waals surface area contributed by atoms with Crippen LogP contribution in [0.5, 0.6) is 0 Å². The van der Waals surface area contributed by atoms with E-state index in [0.29, 0.717) is 0 Å². The summed E-state index contributed by atoms with van der Waals surface area (Å²) in [6.07, 6.45) is 3.33. The SMILES string of the molecule is c1ccc2c(c1)nc1nc(N3CCC3)ccn12. The molecule has 1 aliphatic rings. The zero-order valence-corrected chi connectivity index (χ0v) is 9.37. The molecule has 0 amide bonds. The number of hydrogen-bond donors (Lipinski definition) is 0. The first-order valence-corrected chi connectivity index (χ1v) is 5.91. The minimum Gasteiger partial charge on any atom is -0.356 e. The van der Waals surface area contributed by atoms with E-state index in [1.165, 1.54) is 6.42 Å². The second-order valence-electron chi connectivity index (χ2n) is 4.40. The fourth-order valence-corrected chi connectivity index (χ4v) is 2.26. The third kappa shape index (κ3) is 1.24. The van der Waals surface area contributed by atoms with Gasteiger partial charge in [-0.05, 0) is 24.6 Å². The Labute approximate surface area is 98.5 Å². The second-order valence-corrected chi connectivity index (χ2v) is 4.40. The lowest BCUT2D eigenvalue weighted by Crippen LogP contribution is -2.37. The Morgan fingerprint density at radius 3 is 2.71 bits per heavy atom. The predicted octanol–water partition coefficient (Wildman–Crippen LogP) is 2.09. The van der Waals surface area contributed by atoms with Crippen LogP contribution in [0.2, 0.25) is 0 Å². The van der Waals surface area contributed by atoms with Crippen LogP contribution in [0.1, 0.15) is 6.42 Å². The monoisotopic (exact) mass is 224 g/mol. The summed E-state index contributed by atoms with van der Waals surface area (Å²) in [5, 5.41) is 0. The lowest BCUT2D eigenvalue weighted by Gasteiger charge is -2.31. The third-order valence-electron chi connectivity index (χ3n) is 3.34. The molecule has 17 heavy (non-hydrogen) atoms. The Balaban J connectivity index is 1.97. The molecule has 1 aromatic carbocycles. The number of aromatic nitrogens is 3. The topological polar surface area (TPSA) is 33.4 Å². The summed E-state index contributed by atoms with van der Waals surface area (Å²) in [5.74, 6) is 1.83. The Morgan fingerprint density at radius 2 is 1.88 bits per heavy atom. The standard InChI is InChI=1S/C13H12N4/c1-2-5-11-10(4-1)14-13-15-12(6-9-17(11)13)16-7-3-8-16/h1-2,4-6,9H,3,7-8H2. The van der Waals surface area contributed by atoms with Crippen molar-refractivity contribution in [3.63, 3.8) is 0 Å². The second kappa shape index (κ2) is 3.20. The smallest absolute Gasteiger partial charge is 0.236 e. The van der Waals surface area contributed by atoms with Crippen LogP contribution in [0.15, 0.2) is 36.5 Å². The average molecular weight is 224 g/mol. The molecule has 1 saturated heterocycles. The first kappa shape index (κ1) is 8.98. The molecule has 0 spiro atoms. The molecule has 4 nitrogen and oxygen atoms in total. The maximum absolute atomic E-state index is 4.61. The van der Waals surface area contributed by atoms with Gasteiger partial charge in [0.1, 0.15) is 5.82 Å². The zero-order valence-electron chi connectivity index (χ0n) is 9.37. The molecule has 0 saturated carbocycles. The molecule has 2 aromatic heterocycles. The van der Waals surface area contributed by atoms with Crippen LogP contribution >= 0.6 is 0 Å². The molecule has 3 heterocycles. The van der Waals surface area contributed by atoms with E-state index in [0.717, 1.165) is 35.7 Å². The molecule has 84 valence electrons. The van der Waals surface area contributed by atoms with Crippen molar-refractivity contribution in [3.8, 4) is 0 Å². The molecular formula is C13H12N4. The molecule has 1 fully saturated rings. The van der Waals surface area contributed by atoms with Crippen molar-refractivity contribution in [2.24, 2.45) is 0 Å². The van der Waals surface area contributed by atoms with E-state index in [1.807, 2.05) is 22.6 Å². The Bertz CT molecular complexity index is 697. The molecule has 0 atom stereocenters. The normalized spacial score (nSPS) is 15.4. The minimum absolute atomic E-state index is 0.788. The van der Waals surface area contributed by atoms with Crippen LogP contribution < -0.4 is 4.90 Å². The van der Waals surface area contributed by atoms with E-state index in [-0.39, 0.29) is 0 Å². The molecule has 3 aromatic rings.